The molecule has 7 heteroatoms. The third-order valence-corrected chi connectivity index (χ3v) is 5.32. The van der Waals surface area contributed by atoms with Crippen molar-refractivity contribution in [1.82, 2.24) is 4.98 Å². The van der Waals surface area contributed by atoms with Gasteiger partial charge in [0.25, 0.3) is 11.6 Å². The minimum atomic E-state index is -0.455. The normalized spacial score (nSPS) is 13.4. The van der Waals surface area contributed by atoms with E-state index in [4.69, 9.17) is 0 Å². The number of nitro groups is 1. The number of thiazole rings is 1. The average molecular weight is 369 g/mol. The summed E-state index contributed by atoms with van der Waals surface area (Å²) in [5.74, 6) is -0.220. The molecule has 134 valence electrons. The first-order chi connectivity index (χ1) is 12.6. The molecule has 1 amide bonds. The Hall–Kier alpha value is -2.80. The van der Waals surface area contributed by atoms with E-state index in [1.807, 2.05) is 0 Å². The first kappa shape index (κ1) is 18.0. The van der Waals surface area contributed by atoms with E-state index in [1.54, 1.807) is 40.5 Å². The Balaban J connectivity index is 1.80. The van der Waals surface area contributed by atoms with Gasteiger partial charge in [-0.05, 0) is 37.3 Å². The molecule has 1 aliphatic rings. The van der Waals surface area contributed by atoms with Crippen LogP contribution in [-0.4, -0.2) is 22.4 Å². The van der Waals surface area contributed by atoms with Gasteiger partial charge >= 0.3 is 0 Å². The highest BCUT2D eigenvalue weighted by Crippen LogP contribution is 2.32. The second-order valence-electron chi connectivity index (χ2n) is 6.00. The van der Waals surface area contributed by atoms with E-state index in [-0.39, 0.29) is 11.6 Å². The molecule has 0 spiro atoms. The Morgan fingerprint density at radius 2 is 2.19 bits per heavy atom. The lowest BCUT2D eigenvalue weighted by Gasteiger charge is -2.15. The molecule has 0 N–H and O–H groups in total. The summed E-state index contributed by atoms with van der Waals surface area (Å²) in [7, 11) is 0. The SMILES string of the molecule is C=CCN(C(=O)/C=C/c1cccc([N+](=O)[O-])c1)c1nc2c(s1)CCCC2. The van der Waals surface area contributed by atoms with Crippen LogP contribution in [0.4, 0.5) is 10.8 Å². The van der Waals surface area contributed by atoms with Crippen LogP contribution in [0.2, 0.25) is 0 Å². The van der Waals surface area contributed by atoms with Crippen LogP contribution in [-0.2, 0) is 17.6 Å². The third kappa shape index (κ3) is 4.05. The van der Waals surface area contributed by atoms with Crippen molar-refractivity contribution in [1.29, 1.82) is 0 Å². The average Bonchev–Trinajstić information content (AvgIpc) is 3.08. The van der Waals surface area contributed by atoms with E-state index in [2.05, 4.69) is 11.6 Å². The van der Waals surface area contributed by atoms with E-state index in [1.165, 1.54) is 23.1 Å². The summed E-state index contributed by atoms with van der Waals surface area (Å²) in [6.45, 7) is 4.09. The number of nitrogens with zero attached hydrogens (tertiary/aromatic N) is 3. The molecule has 1 aromatic heterocycles. The maximum atomic E-state index is 12.7. The number of non-ortho nitro benzene ring substituents is 1. The first-order valence-electron chi connectivity index (χ1n) is 8.42. The van der Waals surface area contributed by atoms with Crippen molar-refractivity contribution in [3.63, 3.8) is 0 Å². The molecule has 1 aromatic carbocycles. The van der Waals surface area contributed by atoms with Crippen LogP contribution in [0.3, 0.4) is 0 Å². The molecule has 0 radical (unpaired) electrons. The number of anilines is 1. The van der Waals surface area contributed by atoms with Gasteiger partial charge in [0.2, 0.25) is 0 Å². The van der Waals surface area contributed by atoms with E-state index < -0.39 is 4.92 Å². The lowest BCUT2D eigenvalue weighted by molar-refractivity contribution is -0.384. The van der Waals surface area contributed by atoms with Crippen LogP contribution in [0.5, 0.6) is 0 Å². The van der Waals surface area contributed by atoms with Gasteiger partial charge in [-0.1, -0.05) is 18.2 Å². The van der Waals surface area contributed by atoms with Gasteiger partial charge in [0.15, 0.2) is 5.13 Å². The lowest BCUT2D eigenvalue weighted by atomic mass is 10.0. The molecule has 0 saturated carbocycles. The van der Waals surface area contributed by atoms with Gasteiger partial charge in [-0.15, -0.1) is 17.9 Å². The van der Waals surface area contributed by atoms with E-state index in [9.17, 15) is 14.9 Å². The van der Waals surface area contributed by atoms with Crippen LogP contribution in [0.25, 0.3) is 6.08 Å². The number of aryl methyl sites for hydroxylation is 2. The summed E-state index contributed by atoms with van der Waals surface area (Å²) in [6.07, 6.45) is 8.95. The largest absolute Gasteiger partial charge is 0.281 e. The zero-order chi connectivity index (χ0) is 18.5. The van der Waals surface area contributed by atoms with Gasteiger partial charge in [0.05, 0.1) is 10.6 Å². The van der Waals surface area contributed by atoms with Gasteiger partial charge in [0.1, 0.15) is 0 Å². The summed E-state index contributed by atoms with van der Waals surface area (Å²) < 4.78 is 0. The number of hydrogen-bond donors (Lipinski definition) is 0. The highest BCUT2D eigenvalue weighted by Gasteiger charge is 2.21. The summed E-state index contributed by atoms with van der Waals surface area (Å²) >= 11 is 1.56. The number of rotatable bonds is 6. The fourth-order valence-corrected chi connectivity index (χ4v) is 4.01. The van der Waals surface area contributed by atoms with Crippen LogP contribution >= 0.6 is 11.3 Å². The third-order valence-electron chi connectivity index (χ3n) is 4.14. The van der Waals surface area contributed by atoms with Gasteiger partial charge in [-0.2, -0.15) is 0 Å². The summed E-state index contributed by atoms with van der Waals surface area (Å²) in [4.78, 5) is 30.5. The molecule has 0 unspecified atom stereocenters. The first-order valence-corrected chi connectivity index (χ1v) is 9.23. The quantitative estimate of drug-likeness (QED) is 0.331. The van der Waals surface area contributed by atoms with E-state index >= 15 is 0 Å². The molecule has 0 atom stereocenters. The van der Waals surface area contributed by atoms with Gasteiger partial charge in [0, 0.05) is 29.6 Å². The molecular formula is C19H19N3O3S. The number of amides is 1. The monoisotopic (exact) mass is 369 g/mol. The topological polar surface area (TPSA) is 76.3 Å². The van der Waals surface area contributed by atoms with Crippen molar-refractivity contribution in [2.75, 3.05) is 11.4 Å². The molecule has 0 fully saturated rings. The van der Waals surface area contributed by atoms with Gasteiger partial charge in [-0.3, -0.25) is 19.8 Å². The van der Waals surface area contributed by atoms with Crippen LogP contribution in [0.15, 0.2) is 43.0 Å². The fraction of sp³-hybridized carbons (Fsp3) is 0.263. The predicted octanol–water partition coefficient (Wildman–Crippen LogP) is 4.16. The Morgan fingerprint density at radius 1 is 1.38 bits per heavy atom. The van der Waals surface area contributed by atoms with E-state index in [0.717, 1.165) is 31.4 Å². The Labute approximate surface area is 155 Å². The molecular weight excluding hydrogens is 350 g/mol. The lowest BCUT2D eigenvalue weighted by Crippen LogP contribution is -2.29. The number of carbonyl (C=O) groups excluding carboxylic acids is 1. The van der Waals surface area contributed by atoms with Gasteiger partial charge in [-0.25, -0.2) is 4.98 Å². The van der Waals surface area contributed by atoms with Crippen molar-refractivity contribution >= 4 is 34.1 Å². The standard InChI is InChI=1S/C19H19N3O3S/c1-2-12-21(19-20-16-8-3-4-9-17(16)26-19)18(23)11-10-14-6-5-7-15(13-14)22(24)25/h2,5-7,10-11,13H,1,3-4,8-9,12H2/b11-10+. The molecule has 0 bridgehead atoms. The number of nitro benzene ring substituents is 1. The molecule has 2 aromatic rings. The van der Waals surface area contributed by atoms with Crippen molar-refractivity contribution < 1.29 is 9.72 Å². The predicted molar refractivity (Wildman–Crippen MR) is 103 cm³/mol. The highest BCUT2D eigenvalue weighted by molar-refractivity contribution is 7.16. The number of aromatic nitrogens is 1. The van der Waals surface area contributed by atoms with Gasteiger partial charge < -0.3 is 0 Å². The smallest absolute Gasteiger partial charge is 0.270 e. The summed E-state index contributed by atoms with van der Waals surface area (Å²) in [5.41, 5.74) is 1.69. The van der Waals surface area contributed by atoms with E-state index in [0.29, 0.717) is 17.2 Å². The van der Waals surface area contributed by atoms with Crippen molar-refractivity contribution in [3.05, 3.63) is 69.2 Å². The molecule has 0 aliphatic heterocycles. The van der Waals surface area contributed by atoms with Crippen LogP contribution in [0.1, 0.15) is 29.0 Å². The molecule has 6 nitrogen and oxygen atoms in total. The Morgan fingerprint density at radius 3 is 2.92 bits per heavy atom. The number of benzene rings is 1. The number of carbonyl (C=O) groups is 1. The van der Waals surface area contributed by atoms with Crippen molar-refractivity contribution in [2.24, 2.45) is 0 Å². The highest BCUT2D eigenvalue weighted by atomic mass is 32.1. The Kier molecular flexibility index (Phi) is 5.58. The zero-order valence-electron chi connectivity index (χ0n) is 14.3. The van der Waals surface area contributed by atoms with Crippen LogP contribution in [0, 0.1) is 10.1 Å². The van der Waals surface area contributed by atoms with Crippen molar-refractivity contribution in [2.45, 2.75) is 25.7 Å². The summed E-state index contributed by atoms with van der Waals surface area (Å²) in [5, 5.41) is 11.5. The maximum Gasteiger partial charge on any atom is 0.270 e. The molecule has 1 aliphatic carbocycles. The van der Waals surface area contributed by atoms with Crippen LogP contribution < -0.4 is 4.90 Å². The molecule has 1 heterocycles. The minimum absolute atomic E-state index is 0.00450. The number of hydrogen-bond acceptors (Lipinski definition) is 5. The van der Waals surface area contributed by atoms with Crippen molar-refractivity contribution in [3.8, 4) is 0 Å². The second kappa shape index (κ2) is 8.05. The fourth-order valence-electron chi connectivity index (χ4n) is 2.84. The maximum absolute atomic E-state index is 12.7. The molecule has 0 saturated heterocycles. The second-order valence-corrected chi connectivity index (χ2v) is 7.06. The molecule has 3 rings (SSSR count). The number of fused-ring (bicyclic) bond motifs is 1. The zero-order valence-corrected chi connectivity index (χ0v) is 15.1. The Bertz CT molecular complexity index is 849. The summed E-state index contributed by atoms with van der Waals surface area (Å²) in [6, 6.07) is 6.17. The molecule has 26 heavy (non-hydrogen) atoms. The minimum Gasteiger partial charge on any atom is -0.281 e.